The fourth-order valence-corrected chi connectivity index (χ4v) is 4.02. The lowest BCUT2D eigenvalue weighted by molar-refractivity contribution is 0.0688. The van der Waals surface area contributed by atoms with E-state index in [2.05, 4.69) is 9.71 Å². The molecule has 1 aliphatic carbocycles. The topological polar surface area (TPSA) is 119 Å². The summed E-state index contributed by atoms with van der Waals surface area (Å²) in [4.78, 5) is 13.5. The van der Waals surface area contributed by atoms with Crippen LogP contribution < -0.4 is 4.72 Å². The Bertz CT molecular complexity index is 613. The highest BCUT2D eigenvalue weighted by Crippen LogP contribution is 2.26. The van der Waals surface area contributed by atoms with Gasteiger partial charge in [-0.15, -0.1) is 0 Å². The number of aryl methyl sites for hydroxylation is 1. The third-order valence-electron chi connectivity index (χ3n) is 3.29. The van der Waals surface area contributed by atoms with E-state index in [1.54, 1.807) is 0 Å². The maximum atomic E-state index is 12.2. The van der Waals surface area contributed by atoms with Gasteiger partial charge in [-0.05, 0) is 26.7 Å². The molecule has 0 saturated heterocycles. The summed E-state index contributed by atoms with van der Waals surface area (Å²) in [6.07, 6.45) is 0.303. The van der Waals surface area contributed by atoms with Crippen molar-refractivity contribution in [1.29, 1.82) is 0 Å². The van der Waals surface area contributed by atoms with E-state index >= 15 is 0 Å². The molecule has 7 nitrogen and oxygen atoms in total. The number of carbonyl (C=O) groups is 1. The molecule has 1 aliphatic rings. The van der Waals surface area contributed by atoms with Gasteiger partial charge in [0.15, 0.2) is 0 Å². The van der Waals surface area contributed by atoms with Gasteiger partial charge in [0.1, 0.15) is 10.6 Å². The number of rotatable bonds is 4. The second-order valence-corrected chi connectivity index (χ2v) is 6.48. The van der Waals surface area contributed by atoms with E-state index in [0.717, 1.165) is 0 Å². The maximum Gasteiger partial charge on any atom is 0.352 e. The molecule has 0 amide bonds. The van der Waals surface area contributed by atoms with Crippen molar-refractivity contribution in [1.82, 2.24) is 9.71 Å². The van der Waals surface area contributed by atoms with Crippen LogP contribution in [0.2, 0.25) is 0 Å². The highest BCUT2D eigenvalue weighted by atomic mass is 32.2. The first-order valence-electron chi connectivity index (χ1n) is 5.85. The zero-order valence-electron chi connectivity index (χ0n) is 10.6. The largest absolute Gasteiger partial charge is 0.477 e. The van der Waals surface area contributed by atoms with Crippen molar-refractivity contribution in [3.8, 4) is 0 Å². The number of hydrogen-bond acceptors (Lipinski definition) is 4. The summed E-state index contributed by atoms with van der Waals surface area (Å²) in [5, 5.41) is 18.1. The van der Waals surface area contributed by atoms with Crippen LogP contribution in [0.25, 0.3) is 0 Å². The Hall–Kier alpha value is -1.38. The zero-order chi connectivity index (χ0) is 14.4. The van der Waals surface area contributed by atoms with Gasteiger partial charge in [-0.1, -0.05) is 0 Å². The normalized spacial score (nSPS) is 23.1. The van der Waals surface area contributed by atoms with Gasteiger partial charge in [0.2, 0.25) is 10.0 Å². The number of aromatic amines is 1. The van der Waals surface area contributed by atoms with Crippen molar-refractivity contribution < 1.29 is 23.4 Å². The summed E-state index contributed by atoms with van der Waals surface area (Å²) < 4.78 is 26.9. The number of aromatic carboxylic acids is 1. The Morgan fingerprint density at radius 3 is 2.37 bits per heavy atom. The van der Waals surface area contributed by atoms with E-state index in [1.807, 2.05) is 0 Å². The second kappa shape index (κ2) is 4.62. The van der Waals surface area contributed by atoms with Crippen molar-refractivity contribution in [2.75, 3.05) is 0 Å². The molecule has 4 N–H and O–H groups in total. The lowest BCUT2D eigenvalue weighted by atomic mass is 9.91. The Morgan fingerprint density at radius 2 is 1.95 bits per heavy atom. The molecule has 1 aromatic heterocycles. The third-order valence-corrected chi connectivity index (χ3v) is 5.08. The van der Waals surface area contributed by atoms with E-state index in [4.69, 9.17) is 10.2 Å². The van der Waals surface area contributed by atoms with Crippen molar-refractivity contribution in [3.63, 3.8) is 0 Å². The lowest BCUT2D eigenvalue weighted by Gasteiger charge is -2.31. The minimum absolute atomic E-state index is 0.0220. The lowest BCUT2D eigenvalue weighted by Crippen LogP contribution is -2.46. The number of sulfonamides is 1. The van der Waals surface area contributed by atoms with Gasteiger partial charge < -0.3 is 15.2 Å². The monoisotopic (exact) mass is 288 g/mol. The van der Waals surface area contributed by atoms with Crippen LogP contribution in [0.5, 0.6) is 0 Å². The molecule has 106 valence electrons. The molecule has 0 unspecified atom stereocenters. The molecule has 1 saturated carbocycles. The van der Waals surface area contributed by atoms with Crippen LogP contribution in [0.4, 0.5) is 0 Å². The molecule has 0 aliphatic heterocycles. The average molecular weight is 288 g/mol. The number of aliphatic hydroxyl groups is 1. The van der Waals surface area contributed by atoms with Gasteiger partial charge in [0, 0.05) is 17.3 Å². The minimum atomic E-state index is -3.77. The average Bonchev–Trinajstić information content (AvgIpc) is 2.52. The summed E-state index contributed by atoms with van der Waals surface area (Å²) >= 11 is 0. The van der Waals surface area contributed by atoms with Gasteiger partial charge in [0.25, 0.3) is 0 Å². The molecule has 0 bridgehead atoms. The molecule has 0 atom stereocenters. The van der Waals surface area contributed by atoms with Crippen molar-refractivity contribution in [3.05, 3.63) is 17.0 Å². The van der Waals surface area contributed by atoms with Crippen molar-refractivity contribution >= 4 is 16.0 Å². The highest BCUT2D eigenvalue weighted by Gasteiger charge is 2.34. The quantitative estimate of drug-likeness (QED) is 0.628. The number of aliphatic hydroxyl groups excluding tert-OH is 1. The van der Waals surface area contributed by atoms with Gasteiger partial charge in [0.05, 0.1) is 6.10 Å². The second-order valence-electron chi connectivity index (χ2n) is 4.83. The molecule has 1 heterocycles. The van der Waals surface area contributed by atoms with Crippen molar-refractivity contribution in [2.45, 2.75) is 43.7 Å². The predicted octanol–water partition coefficient (Wildman–Crippen LogP) is 0.131. The van der Waals surface area contributed by atoms with E-state index in [0.29, 0.717) is 18.5 Å². The number of nitrogens with one attached hydrogen (secondary N) is 2. The zero-order valence-corrected chi connectivity index (χ0v) is 11.4. The number of hydrogen-bond donors (Lipinski definition) is 4. The standard InChI is InChI=1S/C11H16N2O5S/c1-5-9(11(15)16)12-6(2)10(5)19(17,18)13-7-3-8(14)4-7/h7-8,12-14H,3-4H2,1-2H3,(H,15,16). The number of H-pyrrole nitrogens is 1. The minimum Gasteiger partial charge on any atom is -0.477 e. The van der Waals surface area contributed by atoms with Crippen LogP contribution in [0.3, 0.4) is 0 Å². The molecular formula is C11H16N2O5S. The van der Waals surface area contributed by atoms with Gasteiger partial charge >= 0.3 is 5.97 Å². The maximum absolute atomic E-state index is 12.2. The summed E-state index contributed by atoms with van der Waals surface area (Å²) in [5.41, 5.74) is 0.367. The molecule has 1 aromatic rings. The van der Waals surface area contributed by atoms with E-state index in [-0.39, 0.29) is 22.2 Å². The Morgan fingerprint density at radius 1 is 1.37 bits per heavy atom. The van der Waals surface area contributed by atoms with Crippen molar-refractivity contribution in [2.24, 2.45) is 0 Å². The van der Waals surface area contributed by atoms with E-state index in [1.165, 1.54) is 13.8 Å². The molecule has 0 spiro atoms. The summed E-state index contributed by atoms with van der Waals surface area (Å²) in [6, 6.07) is -0.290. The van der Waals surface area contributed by atoms with Crippen LogP contribution in [0.15, 0.2) is 4.90 Å². The van der Waals surface area contributed by atoms with E-state index in [9.17, 15) is 13.2 Å². The first-order valence-corrected chi connectivity index (χ1v) is 7.33. The number of aromatic nitrogens is 1. The summed E-state index contributed by atoms with van der Waals surface area (Å²) in [7, 11) is -3.77. The van der Waals surface area contributed by atoms with Crippen LogP contribution >= 0.6 is 0 Å². The first kappa shape index (κ1) is 14.0. The molecule has 0 aromatic carbocycles. The third kappa shape index (κ3) is 2.51. The highest BCUT2D eigenvalue weighted by molar-refractivity contribution is 7.89. The molecule has 2 rings (SSSR count). The summed E-state index contributed by atoms with van der Waals surface area (Å²) in [6.45, 7) is 2.97. The molecule has 1 fully saturated rings. The van der Waals surface area contributed by atoms with Gasteiger partial charge in [-0.2, -0.15) is 0 Å². The van der Waals surface area contributed by atoms with Gasteiger partial charge in [-0.25, -0.2) is 17.9 Å². The predicted molar refractivity (Wildman–Crippen MR) is 66.6 cm³/mol. The SMILES string of the molecule is Cc1[nH]c(C(=O)O)c(C)c1S(=O)(=O)NC1CC(O)C1. The fourth-order valence-electron chi connectivity index (χ4n) is 2.31. The van der Waals surface area contributed by atoms with Crippen LogP contribution in [-0.4, -0.2) is 41.7 Å². The van der Waals surface area contributed by atoms with Crippen LogP contribution in [0.1, 0.15) is 34.6 Å². The molecule has 19 heavy (non-hydrogen) atoms. The molecule has 8 heteroatoms. The van der Waals surface area contributed by atoms with Crippen LogP contribution in [0, 0.1) is 13.8 Å². The fraction of sp³-hybridized carbons (Fsp3) is 0.545. The van der Waals surface area contributed by atoms with Crippen LogP contribution in [-0.2, 0) is 10.0 Å². The Balaban J connectivity index is 2.32. The summed E-state index contributed by atoms with van der Waals surface area (Å²) in [5.74, 6) is -1.19. The Kier molecular flexibility index (Phi) is 3.41. The molecule has 0 radical (unpaired) electrons. The molecular weight excluding hydrogens is 272 g/mol. The first-order chi connectivity index (χ1) is 8.72. The van der Waals surface area contributed by atoms with Gasteiger partial charge in [-0.3, -0.25) is 0 Å². The Labute approximate surface area is 110 Å². The number of carboxylic acid groups (broad SMARTS) is 1. The van der Waals surface area contributed by atoms with E-state index < -0.39 is 22.1 Å². The smallest absolute Gasteiger partial charge is 0.352 e. The number of carboxylic acids is 1.